The van der Waals surface area contributed by atoms with E-state index in [4.69, 9.17) is 4.98 Å². The van der Waals surface area contributed by atoms with Gasteiger partial charge in [-0.25, -0.2) is 9.97 Å². The Hall–Kier alpha value is -3.41. The molecule has 3 nitrogen and oxygen atoms in total. The Morgan fingerprint density at radius 1 is 0.821 bits per heavy atom. The summed E-state index contributed by atoms with van der Waals surface area (Å²) in [6.45, 7) is 1.96. The molecule has 0 spiro atoms. The van der Waals surface area contributed by atoms with Crippen molar-refractivity contribution in [3.05, 3.63) is 77.9 Å². The van der Waals surface area contributed by atoms with E-state index in [9.17, 15) is 13.2 Å². The molecule has 0 aliphatic rings. The SMILES string of the molecule is Cc1ccccc1-c1nc2ccccc2c2nc3ccc(C(F)(F)F)cc3n12. The number of alkyl halides is 3. The van der Waals surface area contributed by atoms with Crippen molar-refractivity contribution in [3.63, 3.8) is 0 Å². The first-order valence-corrected chi connectivity index (χ1v) is 8.77. The van der Waals surface area contributed by atoms with Gasteiger partial charge in [-0.1, -0.05) is 36.4 Å². The smallest absolute Gasteiger partial charge is 0.276 e. The average Bonchev–Trinajstić information content (AvgIpc) is 3.06. The van der Waals surface area contributed by atoms with Gasteiger partial charge in [-0.3, -0.25) is 4.40 Å². The monoisotopic (exact) mass is 377 g/mol. The van der Waals surface area contributed by atoms with Crippen LogP contribution >= 0.6 is 0 Å². The van der Waals surface area contributed by atoms with Crippen LogP contribution in [0.1, 0.15) is 11.1 Å². The van der Waals surface area contributed by atoms with Crippen LogP contribution in [0.5, 0.6) is 0 Å². The van der Waals surface area contributed by atoms with Gasteiger partial charge in [0.25, 0.3) is 0 Å². The van der Waals surface area contributed by atoms with Gasteiger partial charge < -0.3 is 0 Å². The number of para-hydroxylation sites is 1. The van der Waals surface area contributed by atoms with Crippen LogP contribution in [0.4, 0.5) is 13.2 Å². The van der Waals surface area contributed by atoms with E-state index in [2.05, 4.69) is 4.98 Å². The molecular weight excluding hydrogens is 363 g/mol. The van der Waals surface area contributed by atoms with E-state index in [1.807, 2.05) is 55.5 Å². The predicted octanol–water partition coefficient (Wildman–Crippen LogP) is 6.03. The first-order chi connectivity index (χ1) is 13.4. The Kier molecular flexibility index (Phi) is 3.46. The fraction of sp³-hybridized carbons (Fsp3) is 0.0909. The van der Waals surface area contributed by atoms with Crippen molar-refractivity contribution in [2.75, 3.05) is 0 Å². The van der Waals surface area contributed by atoms with Gasteiger partial charge in [-0.2, -0.15) is 13.2 Å². The highest BCUT2D eigenvalue weighted by Gasteiger charge is 2.31. The zero-order valence-corrected chi connectivity index (χ0v) is 14.8. The maximum Gasteiger partial charge on any atom is 0.416 e. The molecule has 5 aromatic rings. The quantitative estimate of drug-likeness (QED) is 0.357. The Labute approximate surface area is 158 Å². The molecule has 0 aliphatic carbocycles. The van der Waals surface area contributed by atoms with E-state index in [-0.39, 0.29) is 0 Å². The normalized spacial score (nSPS) is 12.3. The molecule has 0 atom stereocenters. The third-order valence-electron chi connectivity index (χ3n) is 4.95. The summed E-state index contributed by atoms with van der Waals surface area (Å²) >= 11 is 0. The van der Waals surface area contributed by atoms with Gasteiger partial charge in [0.2, 0.25) is 0 Å². The van der Waals surface area contributed by atoms with Crippen LogP contribution in [0.15, 0.2) is 66.7 Å². The van der Waals surface area contributed by atoms with E-state index in [1.54, 1.807) is 4.40 Å². The molecule has 0 amide bonds. The van der Waals surface area contributed by atoms with E-state index >= 15 is 0 Å². The summed E-state index contributed by atoms with van der Waals surface area (Å²) < 4.78 is 41.7. The van der Waals surface area contributed by atoms with Crippen molar-refractivity contribution in [2.45, 2.75) is 13.1 Å². The lowest BCUT2D eigenvalue weighted by Gasteiger charge is -2.12. The summed E-state index contributed by atoms with van der Waals surface area (Å²) in [6, 6.07) is 18.9. The number of rotatable bonds is 1. The lowest BCUT2D eigenvalue weighted by Crippen LogP contribution is -2.05. The standard InChI is InChI=1S/C22H14F3N3/c1-13-6-2-3-7-15(13)20-26-17-9-5-4-8-16(17)21-27-18-11-10-14(22(23,24)25)12-19(18)28(20)21/h2-12H,1H3. The molecule has 0 saturated heterocycles. The van der Waals surface area contributed by atoms with E-state index in [0.717, 1.165) is 34.2 Å². The molecular formula is C22H14F3N3. The van der Waals surface area contributed by atoms with Gasteiger partial charge in [0.05, 0.1) is 22.1 Å². The minimum atomic E-state index is -4.43. The number of fused-ring (bicyclic) bond motifs is 5. The fourth-order valence-corrected chi connectivity index (χ4v) is 3.58. The lowest BCUT2D eigenvalue weighted by molar-refractivity contribution is -0.137. The summed E-state index contributed by atoms with van der Waals surface area (Å²) in [4.78, 5) is 9.43. The first kappa shape index (κ1) is 16.7. The highest BCUT2D eigenvalue weighted by atomic mass is 19.4. The van der Waals surface area contributed by atoms with Crippen LogP contribution < -0.4 is 0 Å². The summed E-state index contributed by atoms with van der Waals surface area (Å²) in [7, 11) is 0. The van der Waals surface area contributed by atoms with Crippen molar-refractivity contribution in [1.82, 2.24) is 14.4 Å². The molecule has 0 bridgehead atoms. The zero-order chi connectivity index (χ0) is 19.5. The molecule has 0 radical (unpaired) electrons. The van der Waals surface area contributed by atoms with E-state index < -0.39 is 11.7 Å². The van der Waals surface area contributed by atoms with Crippen LogP contribution in [-0.4, -0.2) is 14.4 Å². The summed E-state index contributed by atoms with van der Waals surface area (Å²) in [5, 5.41) is 0.796. The predicted molar refractivity (Wildman–Crippen MR) is 103 cm³/mol. The highest BCUT2D eigenvalue weighted by Crippen LogP contribution is 2.35. The average molecular weight is 377 g/mol. The van der Waals surface area contributed by atoms with Gasteiger partial charge in [0.15, 0.2) is 0 Å². The third kappa shape index (κ3) is 2.45. The lowest BCUT2D eigenvalue weighted by atomic mass is 10.1. The van der Waals surface area contributed by atoms with Crippen molar-refractivity contribution in [2.24, 2.45) is 0 Å². The van der Waals surface area contributed by atoms with Crippen LogP contribution in [0, 0.1) is 6.92 Å². The topological polar surface area (TPSA) is 30.2 Å². The van der Waals surface area contributed by atoms with Crippen LogP contribution in [0.3, 0.4) is 0 Å². The van der Waals surface area contributed by atoms with Crippen LogP contribution in [0.2, 0.25) is 0 Å². The Bertz CT molecular complexity index is 1370. The maximum atomic E-state index is 13.3. The number of aryl methyl sites for hydroxylation is 1. The molecule has 2 aromatic heterocycles. The zero-order valence-electron chi connectivity index (χ0n) is 14.8. The van der Waals surface area contributed by atoms with Crippen molar-refractivity contribution in [1.29, 1.82) is 0 Å². The van der Waals surface area contributed by atoms with Crippen molar-refractivity contribution >= 4 is 27.6 Å². The summed E-state index contributed by atoms with van der Waals surface area (Å²) in [5.41, 5.74) is 3.38. The summed E-state index contributed by atoms with van der Waals surface area (Å²) in [6.07, 6.45) is -4.43. The van der Waals surface area contributed by atoms with Crippen LogP contribution in [0.25, 0.3) is 39.0 Å². The van der Waals surface area contributed by atoms with Crippen molar-refractivity contribution in [3.8, 4) is 11.4 Å². The van der Waals surface area contributed by atoms with E-state index in [1.165, 1.54) is 6.07 Å². The molecule has 0 fully saturated rings. The molecule has 0 aliphatic heterocycles. The molecule has 0 unspecified atom stereocenters. The second-order valence-electron chi connectivity index (χ2n) is 6.74. The van der Waals surface area contributed by atoms with Gasteiger partial charge in [0.1, 0.15) is 11.5 Å². The van der Waals surface area contributed by atoms with Crippen LogP contribution in [-0.2, 0) is 6.18 Å². The molecule has 28 heavy (non-hydrogen) atoms. The Balaban J connectivity index is 2.00. The molecule has 3 aromatic carbocycles. The molecule has 0 N–H and O–H groups in total. The van der Waals surface area contributed by atoms with Gasteiger partial charge >= 0.3 is 6.18 Å². The molecule has 0 saturated carbocycles. The first-order valence-electron chi connectivity index (χ1n) is 8.77. The van der Waals surface area contributed by atoms with Crippen molar-refractivity contribution < 1.29 is 13.2 Å². The number of aromatic nitrogens is 3. The number of hydrogen-bond donors (Lipinski definition) is 0. The minimum Gasteiger partial charge on any atom is -0.276 e. The molecule has 138 valence electrons. The highest BCUT2D eigenvalue weighted by molar-refractivity contribution is 5.98. The fourth-order valence-electron chi connectivity index (χ4n) is 3.58. The molecule has 6 heteroatoms. The Morgan fingerprint density at radius 3 is 2.36 bits per heavy atom. The largest absolute Gasteiger partial charge is 0.416 e. The van der Waals surface area contributed by atoms with E-state index in [0.29, 0.717) is 22.5 Å². The number of hydrogen-bond acceptors (Lipinski definition) is 2. The number of imidazole rings is 1. The maximum absolute atomic E-state index is 13.3. The Morgan fingerprint density at radius 2 is 1.57 bits per heavy atom. The molecule has 2 heterocycles. The third-order valence-corrected chi connectivity index (χ3v) is 4.95. The number of nitrogens with zero attached hydrogens (tertiary/aromatic N) is 3. The number of benzene rings is 3. The van der Waals surface area contributed by atoms with Gasteiger partial charge in [-0.15, -0.1) is 0 Å². The number of halogens is 3. The molecule has 5 rings (SSSR count). The second kappa shape index (κ2) is 5.79. The second-order valence-corrected chi connectivity index (χ2v) is 6.74. The minimum absolute atomic E-state index is 0.390. The van der Waals surface area contributed by atoms with Gasteiger partial charge in [0, 0.05) is 10.9 Å². The summed E-state index contributed by atoms with van der Waals surface area (Å²) in [5.74, 6) is 0.577. The van der Waals surface area contributed by atoms with Gasteiger partial charge in [-0.05, 0) is 42.8 Å².